The van der Waals surface area contributed by atoms with E-state index in [2.05, 4.69) is 19.2 Å². The molecule has 0 saturated heterocycles. The molecule has 1 unspecified atom stereocenters. The van der Waals surface area contributed by atoms with Crippen LogP contribution in [0.3, 0.4) is 0 Å². The Hall–Kier alpha value is -2.36. The predicted molar refractivity (Wildman–Crippen MR) is 113 cm³/mol. The molecule has 1 aliphatic heterocycles. The number of esters is 1. The van der Waals surface area contributed by atoms with Crippen LogP contribution >= 0.6 is 0 Å². The number of ether oxygens (including phenoxy) is 1. The number of ketones is 1. The fourth-order valence-electron chi connectivity index (χ4n) is 5.08. The summed E-state index contributed by atoms with van der Waals surface area (Å²) in [4.78, 5) is 26.5. The minimum atomic E-state index is -0.354. The van der Waals surface area contributed by atoms with E-state index in [0.29, 0.717) is 12.0 Å². The number of allylic oxidation sites excluding steroid dienone is 3. The molecule has 0 radical (unpaired) electrons. The summed E-state index contributed by atoms with van der Waals surface area (Å²) >= 11 is 0. The van der Waals surface area contributed by atoms with Crippen molar-refractivity contribution in [3.05, 3.63) is 58.4 Å². The molecule has 0 bridgehead atoms. The van der Waals surface area contributed by atoms with Crippen LogP contribution in [0.25, 0.3) is 0 Å². The Morgan fingerprint density at radius 3 is 2.45 bits per heavy atom. The highest BCUT2D eigenvalue weighted by molar-refractivity contribution is 6.04. The van der Waals surface area contributed by atoms with E-state index in [4.69, 9.17) is 4.74 Å². The van der Waals surface area contributed by atoms with Gasteiger partial charge in [0.05, 0.1) is 5.57 Å². The first-order valence-electron chi connectivity index (χ1n) is 10.9. The van der Waals surface area contributed by atoms with Gasteiger partial charge in [-0.3, -0.25) is 4.79 Å². The van der Waals surface area contributed by atoms with Crippen molar-refractivity contribution in [2.75, 3.05) is 0 Å². The summed E-state index contributed by atoms with van der Waals surface area (Å²) in [6, 6.07) is 9.91. The number of nitrogens with one attached hydrogen (secondary N) is 1. The number of dihydropyridines is 1. The summed E-state index contributed by atoms with van der Waals surface area (Å²) in [5.41, 5.74) is 4.01. The van der Waals surface area contributed by atoms with Crippen molar-refractivity contribution in [1.29, 1.82) is 0 Å². The summed E-state index contributed by atoms with van der Waals surface area (Å²) in [6.07, 6.45) is 6.60. The van der Waals surface area contributed by atoms with Gasteiger partial charge in [-0.15, -0.1) is 0 Å². The highest BCUT2D eigenvalue weighted by Crippen LogP contribution is 2.46. The molecule has 4 heteroatoms. The molecule has 2 aliphatic carbocycles. The molecule has 1 aromatic carbocycles. The van der Waals surface area contributed by atoms with E-state index >= 15 is 0 Å². The Kier molecular flexibility index (Phi) is 5.37. The molecule has 1 saturated carbocycles. The lowest BCUT2D eigenvalue weighted by molar-refractivity contribution is -0.146. The lowest BCUT2D eigenvalue weighted by Crippen LogP contribution is -2.39. The monoisotopic (exact) mass is 393 g/mol. The Bertz CT molecular complexity index is 873. The second-order valence-corrected chi connectivity index (χ2v) is 9.51. The van der Waals surface area contributed by atoms with Crippen LogP contribution in [0.4, 0.5) is 0 Å². The minimum absolute atomic E-state index is 0.00987. The molecule has 1 heterocycles. The quantitative estimate of drug-likeness (QED) is 0.720. The number of benzene rings is 1. The largest absolute Gasteiger partial charge is 0.459 e. The summed E-state index contributed by atoms with van der Waals surface area (Å²) in [7, 11) is 0. The Balaban J connectivity index is 1.73. The van der Waals surface area contributed by atoms with Crippen molar-refractivity contribution in [2.45, 2.75) is 77.7 Å². The normalized spacial score (nSPS) is 24.8. The molecule has 3 aliphatic rings. The molecule has 4 nitrogen and oxygen atoms in total. The predicted octanol–water partition coefficient (Wildman–Crippen LogP) is 5.17. The second-order valence-electron chi connectivity index (χ2n) is 9.51. The van der Waals surface area contributed by atoms with Gasteiger partial charge in [-0.25, -0.2) is 4.79 Å². The second kappa shape index (κ2) is 7.81. The molecular formula is C25H31NO3. The lowest BCUT2D eigenvalue weighted by atomic mass is 9.68. The van der Waals surface area contributed by atoms with Gasteiger partial charge in [0.15, 0.2) is 5.78 Å². The Labute approximate surface area is 173 Å². The number of carbonyl (C=O) groups is 2. The zero-order valence-corrected chi connectivity index (χ0v) is 17.7. The first kappa shape index (κ1) is 19.9. The summed E-state index contributed by atoms with van der Waals surface area (Å²) in [6.45, 7) is 6.18. The maximum Gasteiger partial charge on any atom is 0.337 e. The number of Topliss-reactive ketones (excluding diaryl/α,β-unsaturated/α-hetero) is 1. The van der Waals surface area contributed by atoms with Crippen LogP contribution in [-0.4, -0.2) is 17.9 Å². The van der Waals surface area contributed by atoms with E-state index in [1.165, 1.54) is 6.42 Å². The maximum atomic E-state index is 13.3. The highest BCUT2D eigenvalue weighted by atomic mass is 16.5. The van der Waals surface area contributed by atoms with Gasteiger partial charge in [-0.05, 0) is 50.0 Å². The van der Waals surface area contributed by atoms with Crippen LogP contribution in [0.15, 0.2) is 52.9 Å². The van der Waals surface area contributed by atoms with Gasteiger partial charge in [0.2, 0.25) is 0 Å². The van der Waals surface area contributed by atoms with Gasteiger partial charge >= 0.3 is 5.97 Å². The van der Waals surface area contributed by atoms with E-state index in [1.54, 1.807) is 0 Å². The Morgan fingerprint density at radius 2 is 1.76 bits per heavy atom. The van der Waals surface area contributed by atoms with Crippen molar-refractivity contribution in [3.63, 3.8) is 0 Å². The molecule has 0 aromatic heterocycles. The van der Waals surface area contributed by atoms with Crippen LogP contribution < -0.4 is 5.32 Å². The van der Waals surface area contributed by atoms with Crippen molar-refractivity contribution in [3.8, 4) is 0 Å². The van der Waals surface area contributed by atoms with Gasteiger partial charge in [-0.2, -0.15) is 0 Å². The van der Waals surface area contributed by atoms with Crippen LogP contribution in [-0.2, 0) is 14.3 Å². The molecule has 1 fully saturated rings. The van der Waals surface area contributed by atoms with Crippen LogP contribution in [0, 0.1) is 5.41 Å². The van der Waals surface area contributed by atoms with Gasteiger partial charge in [0.25, 0.3) is 0 Å². The van der Waals surface area contributed by atoms with E-state index in [9.17, 15) is 9.59 Å². The number of rotatable bonds is 3. The van der Waals surface area contributed by atoms with E-state index < -0.39 is 0 Å². The van der Waals surface area contributed by atoms with Crippen molar-refractivity contribution < 1.29 is 14.3 Å². The van der Waals surface area contributed by atoms with Crippen LogP contribution in [0.1, 0.15) is 77.2 Å². The lowest BCUT2D eigenvalue weighted by Gasteiger charge is -2.39. The smallest absolute Gasteiger partial charge is 0.337 e. The van der Waals surface area contributed by atoms with E-state index in [-0.39, 0.29) is 29.2 Å². The summed E-state index contributed by atoms with van der Waals surface area (Å²) in [5.74, 6) is -0.500. The first-order valence-corrected chi connectivity index (χ1v) is 10.9. The van der Waals surface area contributed by atoms with Crippen molar-refractivity contribution in [2.24, 2.45) is 5.41 Å². The summed E-state index contributed by atoms with van der Waals surface area (Å²) in [5, 5.41) is 3.41. The molecule has 1 N–H and O–H groups in total. The molecular weight excluding hydrogens is 362 g/mol. The van der Waals surface area contributed by atoms with Gasteiger partial charge in [0.1, 0.15) is 6.10 Å². The van der Waals surface area contributed by atoms with Crippen LogP contribution in [0.2, 0.25) is 0 Å². The zero-order valence-electron chi connectivity index (χ0n) is 17.7. The Morgan fingerprint density at radius 1 is 1.07 bits per heavy atom. The topological polar surface area (TPSA) is 55.4 Å². The molecule has 154 valence electrons. The number of hydrogen-bond donors (Lipinski definition) is 1. The van der Waals surface area contributed by atoms with Gasteiger partial charge < -0.3 is 10.1 Å². The molecule has 4 rings (SSSR count). The SMILES string of the molecule is CC1=C(C(=O)OC2CCCCC2)C(c2ccccc2)C2=C(CC(C)(C)CC2=O)N1. The van der Waals surface area contributed by atoms with Gasteiger partial charge in [-0.1, -0.05) is 50.6 Å². The molecule has 0 spiro atoms. The third kappa shape index (κ3) is 4.03. The third-order valence-corrected chi connectivity index (χ3v) is 6.42. The molecule has 0 amide bonds. The third-order valence-electron chi connectivity index (χ3n) is 6.42. The fourth-order valence-corrected chi connectivity index (χ4v) is 5.08. The molecule has 1 atom stereocenters. The average molecular weight is 394 g/mol. The number of hydrogen-bond acceptors (Lipinski definition) is 4. The van der Waals surface area contributed by atoms with E-state index in [1.807, 2.05) is 37.3 Å². The maximum absolute atomic E-state index is 13.3. The molecule has 1 aromatic rings. The number of carbonyl (C=O) groups excluding carboxylic acids is 2. The molecule has 29 heavy (non-hydrogen) atoms. The van der Waals surface area contributed by atoms with Crippen LogP contribution in [0.5, 0.6) is 0 Å². The highest BCUT2D eigenvalue weighted by Gasteiger charge is 2.43. The first-order chi connectivity index (χ1) is 13.9. The van der Waals surface area contributed by atoms with E-state index in [0.717, 1.165) is 54.6 Å². The standard InChI is InChI=1S/C25H31NO3/c1-16-21(24(28)29-18-12-8-5-9-13-18)22(17-10-6-4-7-11-17)23-19(26-16)14-25(2,3)15-20(23)27/h4,6-7,10-11,18,22,26H,5,8-9,12-15H2,1-3H3. The summed E-state index contributed by atoms with van der Waals surface area (Å²) < 4.78 is 5.94. The average Bonchev–Trinajstić information content (AvgIpc) is 2.67. The minimum Gasteiger partial charge on any atom is -0.459 e. The zero-order chi connectivity index (χ0) is 20.6. The van der Waals surface area contributed by atoms with Crippen molar-refractivity contribution in [1.82, 2.24) is 5.32 Å². The fraction of sp³-hybridized carbons (Fsp3) is 0.520. The van der Waals surface area contributed by atoms with Crippen molar-refractivity contribution >= 4 is 11.8 Å². The van der Waals surface area contributed by atoms with Gasteiger partial charge in [0, 0.05) is 29.3 Å².